The number of aromatic nitrogens is 1. The molecule has 3 N–H and O–H groups in total. The van der Waals surface area contributed by atoms with Gasteiger partial charge in [-0.25, -0.2) is 9.98 Å². The Morgan fingerprint density at radius 1 is 1.05 bits per heavy atom. The van der Waals surface area contributed by atoms with Crippen molar-refractivity contribution in [3.05, 3.63) is 18.3 Å². The first-order chi connectivity index (χ1) is 18.0. The highest BCUT2D eigenvalue weighted by molar-refractivity contribution is 6.42. The minimum atomic E-state index is -0.572. The molecule has 0 aliphatic carbocycles. The van der Waals surface area contributed by atoms with Crippen LogP contribution in [0.2, 0.25) is 0 Å². The number of hydrogen-bond acceptors (Lipinski definition) is 7. The molecule has 0 unspecified atom stereocenters. The summed E-state index contributed by atoms with van der Waals surface area (Å²) in [6.45, 7) is 10.7. The molecule has 10 nitrogen and oxygen atoms in total. The van der Waals surface area contributed by atoms with Crippen molar-refractivity contribution in [1.82, 2.24) is 14.8 Å². The molecule has 0 aromatic carbocycles. The Bertz CT molecular complexity index is 996. The number of carbonyl (C=O) groups is 3. The highest BCUT2D eigenvalue weighted by atomic mass is 16.3. The quantitative estimate of drug-likeness (QED) is 0.372. The van der Waals surface area contributed by atoms with E-state index in [9.17, 15) is 19.5 Å². The van der Waals surface area contributed by atoms with E-state index in [2.05, 4.69) is 14.9 Å². The minimum Gasteiger partial charge on any atom is -0.391 e. The number of aliphatic hydroxyl groups is 1. The summed E-state index contributed by atoms with van der Waals surface area (Å²) in [5, 5.41) is 9.91. The van der Waals surface area contributed by atoms with E-state index in [-0.39, 0.29) is 42.4 Å². The molecule has 2 saturated heterocycles. The van der Waals surface area contributed by atoms with E-state index in [1.807, 2.05) is 38.7 Å². The number of nitrogen functional groups attached to an aromatic ring is 1. The minimum absolute atomic E-state index is 0.0761. The van der Waals surface area contributed by atoms with Gasteiger partial charge in [0, 0.05) is 57.0 Å². The predicted molar refractivity (Wildman–Crippen MR) is 149 cm³/mol. The smallest absolute Gasteiger partial charge is 0.269 e. The summed E-state index contributed by atoms with van der Waals surface area (Å²) in [6, 6.07) is 3.67. The molecule has 0 spiro atoms. The molecule has 0 saturated carbocycles. The van der Waals surface area contributed by atoms with Crippen molar-refractivity contribution in [2.45, 2.75) is 84.8 Å². The molecule has 0 bridgehead atoms. The fourth-order valence-electron chi connectivity index (χ4n) is 5.00. The molecule has 10 heteroatoms. The number of β-amino-alcohol motifs (C(OH)–C–C–N with tert-alkyl or cyclic N) is 1. The Morgan fingerprint density at radius 2 is 1.71 bits per heavy atom. The van der Waals surface area contributed by atoms with Gasteiger partial charge >= 0.3 is 0 Å². The van der Waals surface area contributed by atoms with E-state index in [1.165, 1.54) is 0 Å². The van der Waals surface area contributed by atoms with Gasteiger partial charge in [0.25, 0.3) is 5.91 Å². The first-order valence-corrected chi connectivity index (χ1v) is 13.8. The van der Waals surface area contributed by atoms with Gasteiger partial charge in [0.05, 0.1) is 18.0 Å². The third-order valence-corrected chi connectivity index (χ3v) is 7.26. The lowest BCUT2D eigenvalue weighted by atomic mass is 9.88. The number of anilines is 2. The number of piperazine rings is 1. The number of nitrogens with two attached hydrogens (primary N) is 1. The maximum absolute atomic E-state index is 13.1. The molecule has 3 heterocycles. The lowest BCUT2D eigenvalue weighted by Gasteiger charge is -2.36. The van der Waals surface area contributed by atoms with Crippen LogP contribution in [0.5, 0.6) is 0 Å². The highest BCUT2D eigenvalue weighted by Crippen LogP contribution is 2.24. The van der Waals surface area contributed by atoms with Crippen LogP contribution in [0.4, 0.5) is 11.5 Å². The maximum Gasteiger partial charge on any atom is 0.269 e. The van der Waals surface area contributed by atoms with Crippen molar-refractivity contribution in [2.24, 2.45) is 10.4 Å². The number of nitrogens with zero attached hydrogens (tertiary/aromatic N) is 5. The van der Waals surface area contributed by atoms with Gasteiger partial charge < -0.3 is 25.5 Å². The normalized spacial score (nSPS) is 20.7. The summed E-state index contributed by atoms with van der Waals surface area (Å²) in [5.74, 6) is 0.119. The standard InChI is InChI=1S/C28H44N6O4/c1-20-17-22(35)19-34(20)27(38)26(28(2,3)4)31-24(36)9-7-5-6-8-10-25(37)33-15-13-32(14-16-33)21-11-12-23(29)30-18-21/h11-12,18,20,22,35H,5-10,13-17,19H2,1-4H3,(H2,29,30)/t20-,22-/m1/s1. The summed E-state index contributed by atoms with van der Waals surface area (Å²) in [6.07, 6.45) is 5.73. The van der Waals surface area contributed by atoms with Crippen molar-refractivity contribution in [1.29, 1.82) is 0 Å². The number of unbranched alkanes of at least 4 members (excludes halogenated alkanes) is 3. The van der Waals surface area contributed by atoms with Crippen molar-refractivity contribution in [2.75, 3.05) is 43.4 Å². The van der Waals surface area contributed by atoms with Crippen LogP contribution < -0.4 is 10.6 Å². The van der Waals surface area contributed by atoms with Crippen LogP contribution in [0.1, 0.15) is 72.6 Å². The zero-order valence-corrected chi connectivity index (χ0v) is 23.4. The summed E-state index contributed by atoms with van der Waals surface area (Å²) in [7, 11) is 0. The van der Waals surface area contributed by atoms with E-state index in [1.54, 1.807) is 17.2 Å². The number of pyridine rings is 1. The topological polar surface area (TPSA) is 132 Å². The number of amides is 3. The van der Waals surface area contributed by atoms with Crippen molar-refractivity contribution < 1.29 is 19.5 Å². The zero-order chi connectivity index (χ0) is 27.9. The molecule has 2 atom stereocenters. The first-order valence-electron chi connectivity index (χ1n) is 13.8. The molecular weight excluding hydrogens is 484 g/mol. The second kappa shape index (κ2) is 13.2. The second-order valence-corrected chi connectivity index (χ2v) is 11.5. The Labute approximate surface area is 226 Å². The Balaban J connectivity index is 1.35. The molecule has 3 rings (SSSR count). The van der Waals surface area contributed by atoms with Crippen LogP contribution in [0.25, 0.3) is 0 Å². The van der Waals surface area contributed by atoms with Crippen LogP contribution in [0.15, 0.2) is 23.3 Å². The first kappa shape index (κ1) is 29.5. The van der Waals surface area contributed by atoms with Crippen LogP contribution in [-0.2, 0) is 14.4 Å². The summed E-state index contributed by atoms with van der Waals surface area (Å²) >= 11 is 0. The van der Waals surface area contributed by atoms with Crippen molar-refractivity contribution in [3.8, 4) is 0 Å². The van der Waals surface area contributed by atoms with Crippen molar-refractivity contribution >= 4 is 34.9 Å². The molecular formula is C28H44N6O4. The van der Waals surface area contributed by atoms with Gasteiger partial charge in [-0.05, 0) is 38.3 Å². The number of rotatable bonds is 9. The second-order valence-electron chi connectivity index (χ2n) is 11.5. The van der Waals surface area contributed by atoms with Gasteiger partial charge in [-0.2, -0.15) is 0 Å². The Morgan fingerprint density at radius 3 is 2.26 bits per heavy atom. The average molecular weight is 529 g/mol. The van der Waals surface area contributed by atoms with E-state index in [0.29, 0.717) is 38.2 Å². The SMILES string of the molecule is C[C@@H]1C[C@@H](O)CN1C(=O)C(=NC(=O)CCCCCCC(=O)N1CCN(c2ccc(N)nc2)CC1)C(C)(C)C. The van der Waals surface area contributed by atoms with Crippen molar-refractivity contribution in [3.63, 3.8) is 0 Å². The fraction of sp³-hybridized carbons (Fsp3) is 0.679. The molecule has 0 radical (unpaired) electrons. The van der Waals surface area contributed by atoms with Gasteiger partial charge in [-0.15, -0.1) is 0 Å². The lowest BCUT2D eigenvalue weighted by Crippen LogP contribution is -2.48. The summed E-state index contributed by atoms with van der Waals surface area (Å²) < 4.78 is 0. The summed E-state index contributed by atoms with van der Waals surface area (Å²) in [4.78, 5) is 52.4. The molecule has 2 aliphatic rings. The number of likely N-dealkylation sites (tertiary alicyclic amines) is 1. The molecule has 3 amide bonds. The average Bonchev–Trinajstić information content (AvgIpc) is 3.21. The maximum atomic E-state index is 13.1. The van der Waals surface area contributed by atoms with Gasteiger partial charge in [-0.3, -0.25) is 14.4 Å². The van der Waals surface area contributed by atoms with Gasteiger partial charge in [0.2, 0.25) is 11.8 Å². The van der Waals surface area contributed by atoms with E-state index in [4.69, 9.17) is 5.73 Å². The lowest BCUT2D eigenvalue weighted by molar-refractivity contribution is -0.131. The summed E-state index contributed by atoms with van der Waals surface area (Å²) in [5.41, 5.74) is 6.36. The highest BCUT2D eigenvalue weighted by Gasteiger charge is 2.37. The van der Waals surface area contributed by atoms with Crippen LogP contribution >= 0.6 is 0 Å². The monoisotopic (exact) mass is 528 g/mol. The van der Waals surface area contributed by atoms with Crippen LogP contribution in [0.3, 0.4) is 0 Å². The van der Waals surface area contributed by atoms with Crippen LogP contribution in [-0.4, -0.2) is 88.2 Å². The fourth-order valence-corrected chi connectivity index (χ4v) is 5.00. The molecule has 1 aromatic rings. The molecule has 2 aliphatic heterocycles. The number of aliphatic imine (C=N–C) groups is 1. The predicted octanol–water partition coefficient (Wildman–Crippen LogP) is 2.65. The van der Waals surface area contributed by atoms with Crippen LogP contribution in [0, 0.1) is 5.41 Å². The third kappa shape index (κ3) is 8.24. The molecule has 38 heavy (non-hydrogen) atoms. The molecule has 210 valence electrons. The Kier molecular flexibility index (Phi) is 10.2. The number of hydrogen-bond donors (Lipinski definition) is 2. The molecule has 2 fully saturated rings. The van der Waals surface area contributed by atoms with E-state index in [0.717, 1.165) is 38.0 Å². The zero-order valence-electron chi connectivity index (χ0n) is 23.4. The number of carbonyl (C=O) groups excluding carboxylic acids is 3. The van der Waals surface area contributed by atoms with Gasteiger partial charge in [0.1, 0.15) is 11.5 Å². The largest absolute Gasteiger partial charge is 0.391 e. The number of aliphatic hydroxyl groups excluding tert-OH is 1. The molecule has 1 aromatic heterocycles. The van der Waals surface area contributed by atoms with E-state index < -0.39 is 11.5 Å². The van der Waals surface area contributed by atoms with Gasteiger partial charge in [-0.1, -0.05) is 33.6 Å². The van der Waals surface area contributed by atoms with Gasteiger partial charge in [0.15, 0.2) is 0 Å². The van der Waals surface area contributed by atoms with E-state index >= 15 is 0 Å². The third-order valence-electron chi connectivity index (χ3n) is 7.26. The Hall–Kier alpha value is -3.01.